The van der Waals surface area contributed by atoms with Gasteiger partial charge in [0.05, 0.1) is 19.3 Å². The van der Waals surface area contributed by atoms with Crippen molar-refractivity contribution in [2.24, 2.45) is 5.10 Å². The van der Waals surface area contributed by atoms with Crippen LogP contribution in [-0.2, 0) is 0 Å². The van der Waals surface area contributed by atoms with Gasteiger partial charge in [-0.05, 0) is 26.3 Å². The zero-order valence-electron chi connectivity index (χ0n) is 10.0. The largest absolute Gasteiger partial charge is 0.394 e. The minimum atomic E-state index is -0.253. The standard InChI is InChI=1S/C11H21N3O2/c1-3-11(13-6-5-10(16)9-13)14(7-8-15)12-4-2/h3-4,10,15-16H,5-9H2,1-2H3/b11-3+,12-4-. The predicted molar refractivity (Wildman–Crippen MR) is 63.9 cm³/mol. The molecule has 0 radical (unpaired) electrons. The number of β-amino-alcohol motifs (C(OH)–C–C–N with tert-alkyl or cyclic N) is 1. The smallest absolute Gasteiger partial charge is 0.121 e. The first-order chi connectivity index (χ1) is 7.72. The maximum atomic E-state index is 9.51. The average Bonchev–Trinajstić information content (AvgIpc) is 2.67. The van der Waals surface area contributed by atoms with Crippen LogP contribution in [0.2, 0.25) is 0 Å². The van der Waals surface area contributed by atoms with Gasteiger partial charge in [-0.25, -0.2) is 5.01 Å². The van der Waals surface area contributed by atoms with E-state index in [1.165, 1.54) is 0 Å². The van der Waals surface area contributed by atoms with Gasteiger partial charge in [0.2, 0.25) is 0 Å². The topological polar surface area (TPSA) is 59.3 Å². The molecule has 1 heterocycles. The van der Waals surface area contributed by atoms with Gasteiger partial charge in [-0.3, -0.25) is 0 Å². The van der Waals surface area contributed by atoms with Crippen molar-refractivity contribution < 1.29 is 10.2 Å². The van der Waals surface area contributed by atoms with Gasteiger partial charge in [0.25, 0.3) is 0 Å². The first-order valence-electron chi connectivity index (χ1n) is 5.69. The fourth-order valence-corrected chi connectivity index (χ4v) is 1.91. The van der Waals surface area contributed by atoms with Crippen LogP contribution in [0.5, 0.6) is 0 Å². The van der Waals surface area contributed by atoms with Crippen LogP contribution in [0.1, 0.15) is 20.3 Å². The number of aliphatic hydroxyl groups excluding tert-OH is 2. The molecule has 0 aromatic rings. The molecule has 5 heteroatoms. The maximum absolute atomic E-state index is 9.51. The highest BCUT2D eigenvalue weighted by molar-refractivity contribution is 5.52. The Morgan fingerprint density at radius 2 is 2.31 bits per heavy atom. The van der Waals surface area contributed by atoms with Crippen LogP contribution in [0.15, 0.2) is 17.0 Å². The van der Waals surface area contributed by atoms with Gasteiger partial charge in [0.15, 0.2) is 0 Å². The van der Waals surface area contributed by atoms with E-state index in [9.17, 15) is 5.11 Å². The fraction of sp³-hybridized carbons (Fsp3) is 0.727. The summed E-state index contributed by atoms with van der Waals surface area (Å²) in [6, 6.07) is 0. The highest BCUT2D eigenvalue weighted by atomic mass is 16.3. The van der Waals surface area contributed by atoms with Gasteiger partial charge >= 0.3 is 0 Å². The van der Waals surface area contributed by atoms with E-state index in [0.29, 0.717) is 13.1 Å². The van der Waals surface area contributed by atoms with Crippen LogP contribution in [0.25, 0.3) is 0 Å². The van der Waals surface area contributed by atoms with Gasteiger partial charge in [-0.2, -0.15) is 5.10 Å². The molecule has 1 aliphatic rings. The number of likely N-dealkylation sites (tertiary alicyclic amines) is 1. The van der Waals surface area contributed by atoms with Gasteiger partial charge in [-0.1, -0.05) is 0 Å². The number of hydrazone groups is 1. The lowest BCUT2D eigenvalue weighted by atomic mass is 10.3. The van der Waals surface area contributed by atoms with Crippen molar-refractivity contribution in [1.29, 1.82) is 0 Å². The van der Waals surface area contributed by atoms with Crippen molar-refractivity contribution in [1.82, 2.24) is 9.91 Å². The molecule has 1 fully saturated rings. The Hall–Kier alpha value is -1.07. The summed E-state index contributed by atoms with van der Waals surface area (Å²) in [6.07, 6.45) is 4.20. The van der Waals surface area contributed by atoms with E-state index in [1.807, 2.05) is 19.9 Å². The van der Waals surface area contributed by atoms with Crippen molar-refractivity contribution in [3.63, 3.8) is 0 Å². The van der Waals surface area contributed by atoms with E-state index in [1.54, 1.807) is 11.2 Å². The third-order valence-electron chi connectivity index (χ3n) is 2.58. The number of aliphatic hydroxyl groups is 2. The lowest BCUT2D eigenvalue weighted by molar-refractivity contribution is 0.159. The third kappa shape index (κ3) is 3.21. The molecule has 92 valence electrons. The Balaban J connectivity index is 2.71. The molecule has 0 spiro atoms. The monoisotopic (exact) mass is 227 g/mol. The van der Waals surface area contributed by atoms with Crippen molar-refractivity contribution in [3.8, 4) is 0 Å². The van der Waals surface area contributed by atoms with Gasteiger partial charge < -0.3 is 15.1 Å². The minimum Gasteiger partial charge on any atom is -0.394 e. The zero-order chi connectivity index (χ0) is 12.0. The van der Waals surface area contributed by atoms with Crippen molar-refractivity contribution in [2.45, 2.75) is 26.4 Å². The van der Waals surface area contributed by atoms with E-state index in [0.717, 1.165) is 18.8 Å². The molecular formula is C11H21N3O2. The number of hydrogen-bond acceptors (Lipinski definition) is 5. The summed E-state index contributed by atoms with van der Waals surface area (Å²) >= 11 is 0. The molecule has 0 aromatic heterocycles. The van der Waals surface area contributed by atoms with Crippen molar-refractivity contribution >= 4 is 6.21 Å². The second-order valence-electron chi connectivity index (χ2n) is 3.76. The first kappa shape index (κ1) is 13.0. The fourth-order valence-electron chi connectivity index (χ4n) is 1.91. The molecule has 2 N–H and O–H groups in total. The second-order valence-corrected chi connectivity index (χ2v) is 3.76. The van der Waals surface area contributed by atoms with Crippen LogP contribution in [0.4, 0.5) is 0 Å². The van der Waals surface area contributed by atoms with Crippen LogP contribution in [0.3, 0.4) is 0 Å². The molecule has 0 aromatic carbocycles. The summed E-state index contributed by atoms with van der Waals surface area (Å²) in [5.74, 6) is 0.948. The van der Waals surface area contributed by atoms with Crippen LogP contribution < -0.4 is 0 Å². The summed E-state index contributed by atoms with van der Waals surface area (Å²) in [5.41, 5.74) is 0. The van der Waals surface area contributed by atoms with Crippen molar-refractivity contribution in [2.75, 3.05) is 26.2 Å². The summed E-state index contributed by atoms with van der Waals surface area (Å²) in [4.78, 5) is 2.09. The van der Waals surface area contributed by atoms with E-state index in [-0.39, 0.29) is 12.7 Å². The molecule has 1 unspecified atom stereocenters. The van der Waals surface area contributed by atoms with Gasteiger partial charge in [0, 0.05) is 19.3 Å². The van der Waals surface area contributed by atoms with Crippen LogP contribution in [0, 0.1) is 0 Å². The summed E-state index contributed by atoms with van der Waals surface area (Å²) in [6.45, 7) is 5.79. The van der Waals surface area contributed by atoms with Gasteiger partial charge in [-0.15, -0.1) is 0 Å². The van der Waals surface area contributed by atoms with Gasteiger partial charge in [0.1, 0.15) is 5.82 Å². The Morgan fingerprint density at radius 3 is 2.75 bits per heavy atom. The minimum absolute atomic E-state index is 0.0606. The third-order valence-corrected chi connectivity index (χ3v) is 2.58. The summed E-state index contributed by atoms with van der Waals surface area (Å²) in [7, 11) is 0. The number of nitrogens with zero attached hydrogens (tertiary/aromatic N) is 3. The normalized spacial score (nSPS) is 22.1. The average molecular weight is 227 g/mol. The molecule has 0 aliphatic carbocycles. The molecule has 1 rings (SSSR count). The molecule has 1 saturated heterocycles. The highest BCUT2D eigenvalue weighted by Crippen LogP contribution is 2.18. The Morgan fingerprint density at radius 1 is 1.56 bits per heavy atom. The molecule has 1 atom stereocenters. The predicted octanol–water partition coefficient (Wildman–Crippen LogP) is 0.214. The van der Waals surface area contributed by atoms with E-state index in [4.69, 9.17) is 5.11 Å². The van der Waals surface area contributed by atoms with E-state index in [2.05, 4.69) is 10.0 Å². The Labute approximate surface area is 96.7 Å². The Kier molecular flexibility index (Phi) is 5.28. The van der Waals surface area contributed by atoms with E-state index < -0.39 is 0 Å². The van der Waals surface area contributed by atoms with Crippen molar-refractivity contribution in [3.05, 3.63) is 11.9 Å². The summed E-state index contributed by atoms with van der Waals surface area (Å²) in [5, 5.41) is 24.5. The lowest BCUT2D eigenvalue weighted by Crippen LogP contribution is -2.33. The molecule has 0 amide bonds. The first-order valence-corrected chi connectivity index (χ1v) is 5.69. The molecule has 16 heavy (non-hydrogen) atoms. The zero-order valence-corrected chi connectivity index (χ0v) is 10.0. The summed E-state index contributed by atoms with van der Waals surface area (Å²) < 4.78 is 0. The molecule has 0 saturated carbocycles. The SMILES string of the molecule is C/C=N\N(CCO)/C(=C/C)N1CCC(O)C1. The second kappa shape index (κ2) is 6.50. The maximum Gasteiger partial charge on any atom is 0.121 e. The van der Waals surface area contributed by atoms with Crippen LogP contribution >= 0.6 is 0 Å². The molecular weight excluding hydrogens is 206 g/mol. The number of rotatable bonds is 5. The molecule has 5 nitrogen and oxygen atoms in total. The number of hydrogen-bond donors (Lipinski definition) is 2. The quantitative estimate of drug-likeness (QED) is 0.521. The van der Waals surface area contributed by atoms with E-state index >= 15 is 0 Å². The highest BCUT2D eigenvalue weighted by Gasteiger charge is 2.24. The Bertz CT molecular complexity index is 266. The molecule has 0 bridgehead atoms. The molecule has 1 aliphatic heterocycles. The number of allylic oxidation sites excluding steroid dienone is 1. The van der Waals surface area contributed by atoms with Crippen LogP contribution in [-0.4, -0.2) is 58.7 Å². The lowest BCUT2D eigenvalue weighted by Gasteiger charge is -2.29.